The predicted octanol–water partition coefficient (Wildman–Crippen LogP) is 4.73. The fraction of sp³-hybridized carbons (Fsp3) is 0.0476. The van der Waals surface area contributed by atoms with Crippen molar-refractivity contribution in [1.29, 1.82) is 0 Å². The van der Waals surface area contributed by atoms with Crippen molar-refractivity contribution in [3.63, 3.8) is 0 Å². The number of nitro groups is 1. The van der Waals surface area contributed by atoms with Gasteiger partial charge in [0.05, 0.1) is 11.1 Å². The molecule has 0 aliphatic rings. The topological polar surface area (TPSA) is 93.8 Å². The van der Waals surface area contributed by atoms with Crippen LogP contribution in [-0.2, 0) is 6.61 Å². The normalized spacial score (nSPS) is 10.7. The predicted molar refractivity (Wildman–Crippen MR) is 110 cm³/mol. The van der Waals surface area contributed by atoms with Crippen molar-refractivity contribution in [3.8, 4) is 5.75 Å². The van der Waals surface area contributed by atoms with Gasteiger partial charge in [0.2, 0.25) is 0 Å². The number of amides is 1. The lowest BCUT2D eigenvalue weighted by molar-refractivity contribution is -0.384. The summed E-state index contributed by atoms with van der Waals surface area (Å²) in [5.41, 5.74) is 3.86. The van der Waals surface area contributed by atoms with Crippen molar-refractivity contribution in [3.05, 3.63) is 104 Å². The molecule has 3 aromatic carbocycles. The number of hydrogen-bond acceptors (Lipinski definition) is 5. The van der Waals surface area contributed by atoms with Crippen molar-refractivity contribution in [2.75, 3.05) is 0 Å². The third-order valence-corrected chi connectivity index (χ3v) is 4.22. The summed E-state index contributed by atoms with van der Waals surface area (Å²) in [5.74, 6) is -0.483. The molecule has 3 rings (SSSR count). The van der Waals surface area contributed by atoms with Gasteiger partial charge in [-0.05, 0) is 60.2 Å². The third kappa shape index (κ3) is 5.62. The minimum absolute atomic E-state index is 0.00467. The van der Waals surface area contributed by atoms with Crippen LogP contribution in [-0.4, -0.2) is 17.0 Å². The van der Waals surface area contributed by atoms with Crippen LogP contribution >= 0.6 is 11.6 Å². The van der Waals surface area contributed by atoms with E-state index in [1.807, 2.05) is 0 Å². The molecule has 152 valence electrons. The number of non-ortho nitro benzene ring substituents is 1. The Hall–Kier alpha value is -3.78. The average Bonchev–Trinajstić information content (AvgIpc) is 2.74. The number of hydrazone groups is 1. The first-order valence-electron chi connectivity index (χ1n) is 8.67. The van der Waals surface area contributed by atoms with Crippen LogP contribution in [0.4, 0.5) is 10.1 Å². The first-order chi connectivity index (χ1) is 14.4. The highest BCUT2D eigenvalue weighted by molar-refractivity contribution is 6.30. The Labute approximate surface area is 175 Å². The van der Waals surface area contributed by atoms with E-state index >= 15 is 0 Å². The average molecular weight is 428 g/mol. The van der Waals surface area contributed by atoms with Crippen LogP contribution in [0.25, 0.3) is 0 Å². The van der Waals surface area contributed by atoms with E-state index in [4.69, 9.17) is 16.3 Å². The largest absolute Gasteiger partial charge is 0.488 e. The summed E-state index contributed by atoms with van der Waals surface area (Å²) < 4.78 is 18.7. The molecule has 0 saturated carbocycles. The molecule has 0 bridgehead atoms. The standard InChI is InChI=1S/C21H15ClFN3O4/c22-17-5-10-20(30-13-14-1-8-19(9-2-14)26(28)29)16(11-17)12-24-25-21(27)15-3-6-18(23)7-4-15/h1-12H,13H2,(H,25,27)/b24-12-. The zero-order valence-electron chi connectivity index (χ0n) is 15.4. The van der Waals surface area contributed by atoms with Crippen LogP contribution in [0, 0.1) is 15.9 Å². The molecule has 0 atom stereocenters. The Kier molecular flexibility index (Phi) is 6.71. The number of halogens is 2. The van der Waals surface area contributed by atoms with Gasteiger partial charge in [0, 0.05) is 28.3 Å². The molecule has 0 spiro atoms. The molecule has 7 nitrogen and oxygen atoms in total. The Bertz CT molecular complexity index is 1090. The number of ether oxygens (including phenoxy) is 1. The van der Waals surface area contributed by atoms with Gasteiger partial charge in [-0.25, -0.2) is 9.82 Å². The number of hydrogen-bond donors (Lipinski definition) is 1. The third-order valence-electron chi connectivity index (χ3n) is 3.99. The number of nitro benzene ring substituents is 1. The van der Waals surface area contributed by atoms with E-state index in [0.29, 0.717) is 16.3 Å². The van der Waals surface area contributed by atoms with E-state index in [1.54, 1.807) is 30.3 Å². The van der Waals surface area contributed by atoms with Crippen LogP contribution < -0.4 is 10.2 Å². The minimum atomic E-state index is -0.498. The maximum absolute atomic E-state index is 12.9. The van der Waals surface area contributed by atoms with Gasteiger partial charge in [0.1, 0.15) is 18.2 Å². The second-order valence-corrected chi connectivity index (χ2v) is 6.54. The number of nitrogens with one attached hydrogen (secondary N) is 1. The fourth-order valence-corrected chi connectivity index (χ4v) is 2.63. The summed E-state index contributed by atoms with van der Waals surface area (Å²) in [7, 11) is 0. The van der Waals surface area contributed by atoms with Gasteiger partial charge in [-0.15, -0.1) is 0 Å². The molecule has 0 aliphatic carbocycles. The molecule has 0 aromatic heterocycles. The van der Waals surface area contributed by atoms with Gasteiger partial charge in [-0.2, -0.15) is 5.10 Å². The molecule has 0 aliphatic heterocycles. The Morgan fingerprint density at radius 3 is 2.50 bits per heavy atom. The summed E-state index contributed by atoms with van der Waals surface area (Å²) >= 11 is 6.03. The molecule has 0 heterocycles. The molecular formula is C21H15ClFN3O4. The summed E-state index contributed by atoms with van der Waals surface area (Å²) in [5, 5.41) is 15.1. The highest BCUT2D eigenvalue weighted by atomic mass is 35.5. The second-order valence-electron chi connectivity index (χ2n) is 6.10. The van der Waals surface area contributed by atoms with Gasteiger partial charge in [0.25, 0.3) is 11.6 Å². The van der Waals surface area contributed by atoms with Gasteiger partial charge < -0.3 is 4.74 Å². The van der Waals surface area contributed by atoms with E-state index in [2.05, 4.69) is 10.5 Å². The molecular weight excluding hydrogens is 413 g/mol. The number of carbonyl (C=O) groups excluding carboxylic acids is 1. The van der Waals surface area contributed by atoms with Crippen molar-refractivity contribution in [1.82, 2.24) is 5.43 Å². The lowest BCUT2D eigenvalue weighted by Gasteiger charge is -2.09. The van der Waals surface area contributed by atoms with E-state index in [0.717, 1.165) is 5.56 Å². The van der Waals surface area contributed by atoms with Crippen molar-refractivity contribution in [2.24, 2.45) is 5.10 Å². The molecule has 3 aromatic rings. The smallest absolute Gasteiger partial charge is 0.271 e. The Morgan fingerprint density at radius 1 is 1.13 bits per heavy atom. The van der Waals surface area contributed by atoms with E-state index in [-0.39, 0.29) is 17.9 Å². The molecule has 9 heteroatoms. The maximum Gasteiger partial charge on any atom is 0.271 e. The van der Waals surface area contributed by atoms with Crippen LogP contribution in [0.1, 0.15) is 21.5 Å². The minimum Gasteiger partial charge on any atom is -0.488 e. The summed E-state index contributed by atoms with van der Waals surface area (Å²) in [6.07, 6.45) is 1.37. The second kappa shape index (κ2) is 9.62. The SMILES string of the molecule is O=C(N/N=C\c1cc(Cl)ccc1OCc1ccc([N+](=O)[O-])cc1)c1ccc(F)cc1. The molecule has 0 radical (unpaired) electrons. The fourth-order valence-electron chi connectivity index (χ4n) is 2.45. The summed E-state index contributed by atoms with van der Waals surface area (Å²) in [6, 6.07) is 16.0. The first-order valence-corrected chi connectivity index (χ1v) is 9.05. The number of carbonyl (C=O) groups is 1. The quantitative estimate of drug-likeness (QED) is 0.335. The maximum atomic E-state index is 12.9. The zero-order valence-corrected chi connectivity index (χ0v) is 16.2. The molecule has 30 heavy (non-hydrogen) atoms. The van der Waals surface area contributed by atoms with Crippen LogP contribution in [0.2, 0.25) is 5.02 Å². The summed E-state index contributed by atoms with van der Waals surface area (Å²) in [4.78, 5) is 22.3. The lowest BCUT2D eigenvalue weighted by atomic mass is 10.2. The molecule has 0 fully saturated rings. The van der Waals surface area contributed by atoms with E-state index in [9.17, 15) is 19.3 Å². The summed E-state index contributed by atoms with van der Waals surface area (Å²) in [6.45, 7) is 0.169. The molecule has 1 amide bonds. The lowest BCUT2D eigenvalue weighted by Crippen LogP contribution is -2.17. The number of rotatable bonds is 7. The molecule has 1 N–H and O–H groups in total. The van der Waals surface area contributed by atoms with Crippen LogP contribution in [0.5, 0.6) is 5.75 Å². The van der Waals surface area contributed by atoms with E-state index < -0.39 is 16.6 Å². The molecule has 0 saturated heterocycles. The Balaban J connectivity index is 1.67. The molecule has 0 unspecified atom stereocenters. The van der Waals surface area contributed by atoms with Crippen molar-refractivity contribution in [2.45, 2.75) is 6.61 Å². The van der Waals surface area contributed by atoms with Crippen molar-refractivity contribution >= 4 is 29.4 Å². The van der Waals surface area contributed by atoms with Crippen molar-refractivity contribution < 1.29 is 18.8 Å². The van der Waals surface area contributed by atoms with Crippen LogP contribution in [0.3, 0.4) is 0 Å². The zero-order chi connectivity index (χ0) is 21.5. The van der Waals surface area contributed by atoms with Gasteiger partial charge in [0.15, 0.2) is 0 Å². The highest BCUT2D eigenvalue weighted by Gasteiger charge is 2.08. The van der Waals surface area contributed by atoms with E-state index in [1.165, 1.54) is 42.6 Å². The highest BCUT2D eigenvalue weighted by Crippen LogP contribution is 2.23. The first kappa shape index (κ1) is 20.9. The monoisotopic (exact) mass is 427 g/mol. The number of nitrogens with zero attached hydrogens (tertiary/aromatic N) is 2. The number of benzene rings is 3. The van der Waals surface area contributed by atoms with Gasteiger partial charge in [-0.1, -0.05) is 11.6 Å². The van der Waals surface area contributed by atoms with Gasteiger partial charge >= 0.3 is 0 Å². The van der Waals surface area contributed by atoms with Crippen LogP contribution in [0.15, 0.2) is 71.8 Å². The Morgan fingerprint density at radius 2 is 1.83 bits per heavy atom. The van der Waals surface area contributed by atoms with Gasteiger partial charge in [-0.3, -0.25) is 14.9 Å².